The normalized spacial score (nSPS) is 10.0. The van der Waals surface area contributed by atoms with Crippen LogP contribution in [0.4, 0.5) is 5.69 Å². The summed E-state index contributed by atoms with van der Waals surface area (Å²) in [4.78, 5) is 21.1. The zero-order valence-electron chi connectivity index (χ0n) is 9.24. The van der Waals surface area contributed by atoms with E-state index in [1.807, 2.05) is 0 Å². The lowest BCUT2D eigenvalue weighted by Gasteiger charge is -2.03. The van der Waals surface area contributed by atoms with Gasteiger partial charge in [0.2, 0.25) is 0 Å². The molecule has 0 bridgehead atoms. The van der Waals surface area contributed by atoms with Crippen molar-refractivity contribution in [2.45, 2.75) is 6.61 Å². The Bertz CT molecular complexity index is 620. The molecule has 1 aromatic heterocycles. The van der Waals surface area contributed by atoms with Gasteiger partial charge in [0.25, 0.3) is 11.6 Å². The molecule has 2 aromatic rings. The Morgan fingerprint density at radius 2 is 2.11 bits per heavy atom. The summed E-state index contributed by atoms with van der Waals surface area (Å²) in [6.45, 7) is 0.0919. The van der Waals surface area contributed by atoms with E-state index in [1.165, 1.54) is 30.5 Å². The predicted octanol–water partition coefficient (Wildman–Crippen LogP) is 2.13. The smallest absolute Gasteiger partial charge is 0.288 e. The van der Waals surface area contributed by atoms with Crippen LogP contribution in [-0.4, -0.2) is 4.92 Å². The molecule has 1 aromatic carbocycles. The summed E-state index contributed by atoms with van der Waals surface area (Å²) < 4.78 is 10.2. The SMILES string of the molecule is O=c1ccoc(OCc2cccc([N+](=O)[O-])c2)c1. The molecule has 0 aliphatic carbocycles. The summed E-state index contributed by atoms with van der Waals surface area (Å²) in [5.74, 6) is 0.0778. The summed E-state index contributed by atoms with van der Waals surface area (Å²) >= 11 is 0. The van der Waals surface area contributed by atoms with Crippen LogP contribution < -0.4 is 10.2 Å². The first-order valence-electron chi connectivity index (χ1n) is 5.10. The second kappa shape index (κ2) is 5.13. The monoisotopic (exact) mass is 247 g/mol. The maximum Gasteiger partial charge on any atom is 0.288 e. The molecule has 0 atom stereocenters. The summed E-state index contributed by atoms with van der Waals surface area (Å²) in [6, 6.07) is 8.52. The Hall–Kier alpha value is -2.63. The largest absolute Gasteiger partial charge is 0.460 e. The third-order valence-electron chi connectivity index (χ3n) is 2.18. The van der Waals surface area contributed by atoms with Crippen LogP contribution in [0.5, 0.6) is 5.95 Å². The summed E-state index contributed by atoms with van der Waals surface area (Å²) in [5.41, 5.74) is 0.386. The molecule has 0 saturated carbocycles. The molecule has 0 radical (unpaired) electrons. The first kappa shape index (κ1) is 11.8. The van der Waals surface area contributed by atoms with Crippen molar-refractivity contribution in [3.05, 3.63) is 68.6 Å². The minimum Gasteiger partial charge on any atom is -0.460 e. The summed E-state index contributed by atoms with van der Waals surface area (Å²) in [5, 5.41) is 10.6. The molecule has 0 amide bonds. The van der Waals surface area contributed by atoms with Crippen molar-refractivity contribution in [1.82, 2.24) is 0 Å². The van der Waals surface area contributed by atoms with Gasteiger partial charge in [-0.15, -0.1) is 0 Å². The van der Waals surface area contributed by atoms with E-state index < -0.39 is 4.92 Å². The predicted molar refractivity (Wildman–Crippen MR) is 62.4 cm³/mol. The van der Waals surface area contributed by atoms with Gasteiger partial charge in [0.05, 0.1) is 17.3 Å². The molecule has 0 aliphatic heterocycles. The Kier molecular flexibility index (Phi) is 3.38. The zero-order chi connectivity index (χ0) is 13.0. The van der Waals surface area contributed by atoms with Gasteiger partial charge in [0, 0.05) is 18.2 Å². The summed E-state index contributed by atoms with van der Waals surface area (Å²) in [6.07, 6.45) is 1.23. The van der Waals surface area contributed by atoms with Crippen LogP contribution in [0.2, 0.25) is 0 Å². The van der Waals surface area contributed by atoms with E-state index in [1.54, 1.807) is 12.1 Å². The standard InChI is InChI=1S/C12H9NO5/c14-11-4-5-17-12(7-11)18-8-9-2-1-3-10(6-9)13(15)16/h1-7H,8H2. The Balaban J connectivity index is 2.08. The highest BCUT2D eigenvalue weighted by Gasteiger charge is 2.06. The lowest BCUT2D eigenvalue weighted by molar-refractivity contribution is -0.384. The molecule has 6 heteroatoms. The molecule has 6 nitrogen and oxygen atoms in total. The number of nitrogens with zero attached hydrogens (tertiary/aromatic N) is 1. The van der Waals surface area contributed by atoms with Crippen molar-refractivity contribution in [2.24, 2.45) is 0 Å². The van der Waals surface area contributed by atoms with E-state index in [0.717, 1.165) is 0 Å². The third kappa shape index (κ3) is 2.94. The second-order valence-corrected chi connectivity index (χ2v) is 3.50. The first-order chi connectivity index (χ1) is 8.65. The van der Waals surface area contributed by atoms with Crippen molar-refractivity contribution in [1.29, 1.82) is 0 Å². The lowest BCUT2D eigenvalue weighted by atomic mass is 10.2. The van der Waals surface area contributed by atoms with Gasteiger partial charge in [-0.3, -0.25) is 14.9 Å². The molecule has 18 heavy (non-hydrogen) atoms. The van der Waals surface area contributed by atoms with Crippen molar-refractivity contribution >= 4 is 5.69 Å². The van der Waals surface area contributed by atoms with Crippen molar-refractivity contribution in [3.63, 3.8) is 0 Å². The van der Waals surface area contributed by atoms with Crippen LogP contribution in [0.15, 0.2) is 51.9 Å². The molecule has 1 heterocycles. The van der Waals surface area contributed by atoms with Crippen LogP contribution in [-0.2, 0) is 6.61 Å². The maximum absolute atomic E-state index is 11.0. The number of nitro benzene ring substituents is 1. The van der Waals surface area contributed by atoms with E-state index >= 15 is 0 Å². The van der Waals surface area contributed by atoms with Gasteiger partial charge >= 0.3 is 0 Å². The lowest BCUT2D eigenvalue weighted by Crippen LogP contribution is -2.00. The molecule has 2 rings (SSSR count). The quantitative estimate of drug-likeness (QED) is 0.610. The number of benzene rings is 1. The zero-order valence-corrected chi connectivity index (χ0v) is 9.24. The fourth-order valence-electron chi connectivity index (χ4n) is 1.36. The molecule has 0 unspecified atom stereocenters. The molecule has 0 saturated heterocycles. The highest BCUT2D eigenvalue weighted by molar-refractivity contribution is 5.34. The van der Waals surface area contributed by atoms with Gasteiger partial charge in [-0.05, 0) is 5.56 Å². The van der Waals surface area contributed by atoms with Crippen molar-refractivity contribution < 1.29 is 14.1 Å². The van der Waals surface area contributed by atoms with Crippen LogP contribution in [0.1, 0.15) is 5.56 Å². The van der Waals surface area contributed by atoms with Gasteiger partial charge in [0.15, 0.2) is 5.43 Å². The number of non-ortho nitro benzene ring substituents is 1. The van der Waals surface area contributed by atoms with E-state index in [2.05, 4.69) is 0 Å². The van der Waals surface area contributed by atoms with Crippen LogP contribution in [0.3, 0.4) is 0 Å². The van der Waals surface area contributed by atoms with Crippen molar-refractivity contribution in [3.8, 4) is 5.95 Å². The fourth-order valence-corrected chi connectivity index (χ4v) is 1.36. The maximum atomic E-state index is 11.0. The Labute approximate surface area is 102 Å². The van der Waals surface area contributed by atoms with Crippen LogP contribution in [0.25, 0.3) is 0 Å². The van der Waals surface area contributed by atoms with Gasteiger partial charge < -0.3 is 9.15 Å². The van der Waals surface area contributed by atoms with Gasteiger partial charge in [-0.1, -0.05) is 12.1 Å². The molecule has 0 N–H and O–H groups in total. The molecule has 0 fully saturated rings. The Morgan fingerprint density at radius 3 is 2.83 bits per heavy atom. The van der Waals surface area contributed by atoms with Gasteiger partial charge in [-0.2, -0.15) is 0 Å². The first-order valence-corrected chi connectivity index (χ1v) is 5.10. The number of ether oxygens (including phenoxy) is 1. The fraction of sp³-hybridized carbons (Fsp3) is 0.0833. The molecular formula is C12H9NO5. The number of hydrogen-bond donors (Lipinski definition) is 0. The Morgan fingerprint density at radius 1 is 1.28 bits per heavy atom. The minimum absolute atomic E-state index is 0.00869. The molecule has 0 aliphatic rings. The average Bonchev–Trinajstić information content (AvgIpc) is 2.37. The minimum atomic E-state index is -0.480. The topological polar surface area (TPSA) is 82.6 Å². The third-order valence-corrected chi connectivity index (χ3v) is 2.18. The highest BCUT2D eigenvalue weighted by Crippen LogP contribution is 2.15. The van der Waals surface area contributed by atoms with Crippen LogP contribution in [0, 0.1) is 10.1 Å². The average molecular weight is 247 g/mol. The van der Waals surface area contributed by atoms with Crippen molar-refractivity contribution in [2.75, 3.05) is 0 Å². The molecular weight excluding hydrogens is 238 g/mol. The van der Waals surface area contributed by atoms with Gasteiger partial charge in [0.1, 0.15) is 6.61 Å². The summed E-state index contributed by atoms with van der Waals surface area (Å²) in [7, 11) is 0. The number of hydrogen-bond acceptors (Lipinski definition) is 5. The van der Waals surface area contributed by atoms with Gasteiger partial charge in [-0.25, -0.2) is 0 Å². The number of rotatable bonds is 4. The van der Waals surface area contributed by atoms with Crippen LogP contribution >= 0.6 is 0 Å². The molecule has 92 valence electrons. The second-order valence-electron chi connectivity index (χ2n) is 3.50. The number of nitro groups is 1. The highest BCUT2D eigenvalue weighted by atomic mass is 16.6. The molecule has 0 spiro atoms. The van der Waals surface area contributed by atoms with E-state index in [0.29, 0.717) is 5.56 Å². The van der Waals surface area contributed by atoms with E-state index in [-0.39, 0.29) is 23.7 Å². The van der Waals surface area contributed by atoms with E-state index in [4.69, 9.17) is 9.15 Å². The van der Waals surface area contributed by atoms with E-state index in [9.17, 15) is 14.9 Å².